The maximum atomic E-state index is 5.58. The highest BCUT2D eigenvalue weighted by Gasteiger charge is 2.23. The molecule has 0 radical (unpaired) electrons. The molecule has 0 spiro atoms. The van der Waals surface area contributed by atoms with E-state index in [1.54, 1.807) is 0 Å². The first-order chi connectivity index (χ1) is 39.1. The lowest BCUT2D eigenvalue weighted by Crippen LogP contribution is -2.18. The summed E-state index contributed by atoms with van der Waals surface area (Å²) in [5.41, 5.74) is 17.4. The van der Waals surface area contributed by atoms with Gasteiger partial charge in [0.1, 0.15) is 5.82 Å². The van der Waals surface area contributed by atoms with Crippen molar-refractivity contribution in [1.29, 1.82) is 0 Å². The van der Waals surface area contributed by atoms with Crippen LogP contribution in [-0.2, 0) is 0 Å². The summed E-state index contributed by atoms with van der Waals surface area (Å²) in [4.78, 5) is 13.4. The van der Waals surface area contributed by atoms with Crippen molar-refractivity contribution in [2.75, 3.05) is 11.4 Å². The molecule has 0 saturated heterocycles. The van der Waals surface area contributed by atoms with Crippen LogP contribution in [0.3, 0.4) is 0 Å². The molecular weight excluding hydrogens is 961 g/mol. The highest BCUT2D eigenvalue weighted by Crippen LogP contribution is 2.42. The number of anilines is 2. The summed E-state index contributed by atoms with van der Waals surface area (Å²) in [6.45, 7) is 5.30. The molecule has 0 aliphatic carbocycles. The Labute approximate surface area is 455 Å². The van der Waals surface area contributed by atoms with Gasteiger partial charge in [-0.2, -0.15) is 0 Å². The Hall–Kier alpha value is -10.6. The Bertz CT molecular complexity index is 4980. The fourth-order valence-corrected chi connectivity index (χ4v) is 12.5. The van der Waals surface area contributed by atoms with Gasteiger partial charge < -0.3 is 14.0 Å². The molecule has 6 heteroatoms. The molecule has 5 heterocycles. The Morgan fingerprint density at radius 2 is 0.899 bits per heavy atom. The predicted octanol–water partition coefficient (Wildman–Crippen LogP) is 18.7. The third kappa shape index (κ3) is 7.05. The molecule has 1 aliphatic heterocycles. The number of nitrogens with zero attached hydrogens (tertiary/aromatic N) is 6. The minimum absolute atomic E-state index is 0.668. The summed E-state index contributed by atoms with van der Waals surface area (Å²) >= 11 is 0. The zero-order chi connectivity index (χ0) is 52.1. The molecule has 0 amide bonds. The molecule has 16 rings (SSSR count). The number of allylic oxidation sites excluding steroid dienone is 4. The molecule has 6 nitrogen and oxygen atoms in total. The molecule has 15 aromatic rings. The lowest BCUT2D eigenvalue weighted by molar-refractivity contribution is 1.08. The van der Waals surface area contributed by atoms with E-state index in [4.69, 9.17) is 9.97 Å². The summed E-state index contributed by atoms with van der Waals surface area (Å²) in [6, 6.07) is 87.7. The normalized spacial score (nSPS) is 13.7. The first kappa shape index (κ1) is 44.7. The van der Waals surface area contributed by atoms with Crippen molar-refractivity contribution in [3.8, 4) is 39.7 Å². The second kappa shape index (κ2) is 17.8. The van der Waals surface area contributed by atoms with Gasteiger partial charge in [-0.15, -0.1) is 0 Å². The van der Waals surface area contributed by atoms with Gasteiger partial charge in [0.05, 0.1) is 38.6 Å². The molecule has 0 unspecified atom stereocenters. The monoisotopic (exact) mass is 1010 g/mol. The molecule has 370 valence electrons. The van der Waals surface area contributed by atoms with E-state index in [1.165, 1.54) is 43.6 Å². The molecule has 0 bridgehead atoms. The minimum atomic E-state index is 0.668. The first-order valence-electron chi connectivity index (χ1n) is 27.0. The largest absolute Gasteiger partial charge is 0.337 e. The summed E-state index contributed by atoms with van der Waals surface area (Å²) in [7, 11) is 0. The Kier molecular flexibility index (Phi) is 10.1. The summed E-state index contributed by atoms with van der Waals surface area (Å²) in [5.74, 6) is 1.51. The van der Waals surface area contributed by atoms with E-state index in [2.05, 4.69) is 292 Å². The van der Waals surface area contributed by atoms with Crippen LogP contribution in [-0.4, -0.2) is 30.2 Å². The van der Waals surface area contributed by atoms with Gasteiger partial charge >= 0.3 is 0 Å². The van der Waals surface area contributed by atoms with Crippen LogP contribution in [0.5, 0.6) is 0 Å². The van der Waals surface area contributed by atoms with E-state index in [-0.39, 0.29) is 0 Å². The fraction of sp³-hybridized carbons (Fsp3) is 0.0137. The predicted molar refractivity (Wildman–Crippen MR) is 332 cm³/mol. The lowest BCUT2D eigenvalue weighted by atomic mass is 10.0. The van der Waals surface area contributed by atoms with E-state index in [1.807, 2.05) is 0 Å². The molecule has 11 aromatic carbocycles. The van der Waals surface area contributed by atoms with E-state index in [9.17, 15) is 0 Å². The van der Waals surface area contributed by atoms with Gasteiger partial charge in [-0.1, -0.05) is 189 Å². The third-order valence-corrected chi connectivity index (χ3v) is 16.2. The lowest BCUT2D eigenvalue weighted by Gasteiger charge is -2.27. The second-order valence-corrected chi connectivity index (χ2v) is 20.6. The van der Waals surface area contributed by atoms with Crippen molar-refractivity contribution in [2.45, 2.75) is 0 Å². The fourth-order valence-electron chi connectivity index (χ4n) is 12.5. The van der Waals surface area contributed by atoms with Crippen LogP contribution in [0.15, 0.2) is 274 Å². The van der Waals surface area contributed by atoms with Gasteiger partial charge in [0.15, 0.2) is 5.82 Å². The number of benzene rings is 11. The van der Waals surface area contributed by atoms with Gasteiger partial charge in [0, 0.05) is 83.5 Å². The van der Waals surface area contributed by atoms with E-state index in [0.717, 1.165) is 99.9 Å². The van der Waals surface area contributed by atoms with Gasteiger partial charge in [-0.25, -0.2) is 9.97 Å². The van der Waals surface area contributed by atoms with Crippen molar-refractivity contribution >= 4 is 104 Å². The SMILES string of the molecule is C=C1/C=C\C=C/CN(c2cccc(-c3ccc(-c4nc(-n5c6ccccc6c6cc(-n7c8ccccc8c8ccccc87)ccc65)c5ccc6ccccc6c5n4)cc3)c2)c2ccc(-n3c4ccccc4c4ccccc43)cc21. The molecule has 0 atom stereocenters. The first-order valence-corrected chi connectivity index (χ1v) is 27.0. The van der Waals surface area contributed by atoms with E-state index < -0.39 is 0 Å². The molecule has 0 fully saturated rings. The smallest absolute Gasteiger partial charge is 0.162 e. The van der Waals surface area contributed by atoms with Crippen molar-refractivity contribution in [3.05, 3.63) is 279 Å². The number of hydrogen-bond donors (Lipinski definition) is 0. The summed E-state index contributed by atoms with van der Waals surface area (Å²) < 4.78 is 7.12. The maximum Gasteiger partial charge on any atom is 0.162 e. The Balaban J connectivity index is 0.800. The molecule has 79 heavy (non-hydrogen) atoms. The van der Waals surface area contributed by atoms with Gasteiger partial charge in [0.2, 0.25) is 0 Å². The number of fused-ring (bicyclic) bond motifs is 13. The van der Waals surface area contributed by atoms with Gasteiger partial charge in [-0.3, -0.25) is 4.57 Å². The zero-order valence-electron chi connectivity index (χ0n) is 43.0. The van der Waals surface area contributed by atoms with E-state index in [0.29, 0.717) is 12.4 Å². The van der Waals surface area contributed by atoms with Crippen LogP contribution in [0, 0.1) is 0 Å². The standard InChI is InChI=1S/C73H48N6/c1-47-18-3-2-16-43-76(64-41-38-53(45-62(47)64)77-65-28-11-6-23-56(65)57-24-7-12-29-66(57)77)52-21-17-20-51(44-52)48-33-35-50(36-34-48)72-74-71-55-22-5-4-19-49(55)37-40-61(71)73(75-72)79-69-32-15-10-27-60(69)63-46-54(39-42-70(63)79)78-67-30-13-8-25-58(67)59-26-9-14-31-68(59)78/h2-42,44-46H,1,43H2/b16-2-,18-3-. The van der Waals surface area contributed by atoms with Gasteiger partial charge in [0.25, 0.3) is 0 Å². The molecular formula is C73H48N6. The molecule has 1 aliphatic rings. The van der Waals surface area contributed by atoms with Crippen LogP contribution >= 0.6 is 0 Å². The molecule has 0 saturated carbocycles. The van der Waals surface area contributed by atoms with Crippen LogP contribution in [0.1, 0.15) is 5.56 Å². The average molecular weight is 1010 g/mol. The van der Waals surface area contributed by atoms with Crippen LogP contribution in [0.2, 0.25) is 0 Å². The number of aromatic nitrogens is 5. The average Bonchev–Trinajstić information content (AvgIpc) is 4.38. The maximum absolute atomic E-state index is 5.58. The zero-order valence-corrected chi connectivity index (χ0v) is 43.0. The number of rotatable bonds is 6. The van der Waals surface area contributed by atoms with Crippen LogP contribution < -0.4 is 4.90 Å². The van der Waals surface area contributed by atoms with Gasteiger partial charge in [-0.05, 0) is 107 Å². The highest BCUT2D eigenvalue weighted by atomic mass is 15.1. The topological polar surface area (TPSA) is 43.8 Å². The number of hydrogen-bond acceptors (Lipinski definition) is 3. The third-order valence-electron chi connectivity index (χ3n) is 16.2. The molecule has 0 N–H and O–H groups in total. The summed E-state index contributed by atoms with van der Waals surface area (Å²) in [6.07, 6.45) is 8.54. The van der Waals surface area contributed by atoms with Crippen LogP contribution in [0.4, 0.5) is 11.4 Å². The highest BCUT2D eigenvalue weighted by molar-refractivity contribution is 6.15. The van der Waals surface area contributed by atoms with Crippen molar-refractivity contribution in [3.63, 3.8) is 0 Å². The van der Waals surface area contributed by atoms with Crippen molar-refractivity contribution in [2.24, 2.45) is 0 Å². The van der Waals surface area contributed by atoms with Crippen molar-refractivity contribution < 1.29 is 0 Å². The van der Waals surface area contributed by atoms with Crippen molar-refractivity contribution in [1.82, 2.24) is 23.7 Å². The second-order valence-electron chi connectivity index (χ2n) is 20.6. The van der Waals surface area contributed by atoms with E-state index >= 15 is 0 Å². The minimum Gasteiger partial charge on any atom is -0.337 e. The summed E-state index contributed by atoms with van der Waals surface area (Å²) in [5, 5.41) is 10.5. The van der Waals surface area contributed by atoms with Crippen LogP contribution in [0.25, 0.3) is 132 Å². The molecule has 4 aromatic heterocycles. The Morgan fingerprint density at radius 3 is 1.56 bits per heavy atom. The number of para-hydroxylation sites is 5. The Morgan fingerprint density at radius 1 is 0.354 bits per heavy atom. The quantitative estimate of drug-likeness (QED) is 0.156.